The molecule has 0 aliphatic rings. The first-order chi connectivity index (χ1) is 7.83. The van der Waals surface area contributed by atoms with E-state index in [0.717, 1.165) is 11.1 Å². The molecule has 0 bridgehead atoms. The van der Waals surface area contributed by atoms with Crippen molar-refractivity contribution in [2.75, 3.05) is 7.11 Å². The molecule has 2 rings (SSSR count). The molecule has 0 radical (unpaired) electrons. The van der Waals surface area contributed by atoms with Crippen LogP contribution in [0, 0.1) is 0 Å². The lowest BCUT2D eigenvalue weighted by Gasteiger charge is -2.00. The van der Waals surface area contributed by atoms with E-state index in [9.17, 15) is 0 Å². The summed E-state index contributed by atoms with van der Waals surface area (Å²) < 4.78 is 10.1. The fraction of sp³-hybridized carbons (Fsp3) is 0.273. The Morgan fingerprint density at radius 3 is 3.00 bits per heavy atom. The predicted molar refractivity (Wildman–Crippen MR) is 60.0 cm³/mol. The van der Waals surface area contributed by atoms with Crippen molar-refractivity contribution in [1.82, 2.24) is 10.1 Å². The number of aromatic nitrogens is 2. The summed E-state index contributed by atoms with van der Waals surface area (Å²) >= 11 is 5.60. The Morgan fingerprint density at radius 2 is 2.31 bits per heavy atom. The van der Waals surface area contributed by atoms with Gasteiger partial charge in [0.15, 0.2) is 5.82 Å². The van der Waals surface area contributed by atoms with Gasteiger partial charge in [0.1, 0.15) is 0 Å². The lowest BCUT2D eigenvalue weighted by molar-refractivity contribution is 0.185. The van der Waals surface area contributed by atoms with Crippen molar-refractivity contribution in [2.24, 2.45) is 0 Å². The smallest absolute Gasteiger partial charge is 0.257 e. The summed E-state index contributed by atoms with van der Waals surface area (Å²) in [5.41, 5.74) is 1.93. The predicted octanol–water partition coefficient (Wildman–Crippen LogP) is 2.62. The van der Waals surface area contributed by atoms with Gasteiger partial charge in [-0.2, -0.15) is 4.98 Å². The summed E-state index contributed by atoms with van der Waals surface area (Å²) in [4.78, 5) is 4.15. The van der Waals surface area contributed by atoms with Gasteiger partial charge >= 0.3 is 0 Å². The third-order valence-corrected chi connectivity index (χ3v) is 2.31. The second-order valence-corrected chi connectivity index (χ2v) is 3.55. The SMILES string of the molecule is COCc1cccc(-c2nc(CCl)no2)c1. The number of alkyl halides is 1. The molecule has 0 N–H and O–H groups in total. The molecule has 0 fully saturated rings. The van der Waals surface area contributed by atoms with E-state index in [4.69, 9.17) is 20.9 Å². The maximum absolute atomic E-state index is 5.60. The van der Waals surface area contributed by atoms with Crippen molar-refractivity contribution in [3.63, 3.8) is 0 Å². The molecule has 84 valence electrons. The third kappa shape index (κ3) is 2.40. The number of ether oxygens (including phenoxy) is 1. The first kappa shape index (κ1) is 11.1. The van der Waals surface area contributed by atoms with E-state index in [0.29, 0.717) is 18.3 Å². The van der Waals surface area contributed by atoms with E-state index < -0.39 is 0 Å². The second-order valence-electron chi connectivity index (χ2n) is 3.28. The summed E-state index contributed by atoms with van der Waals surface area (Å²) in [6.45, 7) is 0.560. The highest BCUT2D eigenvalue weighted by molar-refractivity contribution is 6.16. The van der Waals surface area contributed by atoms with Gasteiger partial charge in [0.2, 0.25) is 0 Å². The van der Waals surface area contributed by atoms with Crippen LogP contribution < -0.4 is 0 Å². The number of nitrogens with zero attached hydrogens (tertiary/aromatic N) is 2. The molecule has 2 aromatic rings. The van der Waals surface area contributed by atoms with Crippen LogP contribution in [-0.2, 0) is 17.2 Å². The Morgan fingerprint density at radius 1 is 1.44 bits per heavy atom. The second kappa shape index (κ2) is 5.09. The minimum absolute atomic E-state index is 0.251. The molecule has 1 aromatic heterocycles. The van der Waals surface area contributed by atoms with Gasteiger partial charge < -0.3 is 9.26 Å². The fourth-order valence-electron chi connectivity index (χ4n) is 1.39. The maximum atomic E-state index is 5.60. The fourth-order valence-corrected chi connectivity index (χ4v) is 1.49. The van der Waals surface area contributed by atoms with Crippen LogP contribution in [0.15, 0.2) is 28.8 Å². The molecule has 0 amide bonds. The molecule has 5 heteroatoms. The molecule has 1 heterocycles. The molecule has 0 aliphatic carbocycles. The Balaban J connectivity index is 2.28. The standard InChI is InChI=1S/C11H11ClN2O2/c1-15-7-8-3-2-4-9(5-8)11-13-10(6-12)14-16-11/h2-5H,6-7H2,1H3. The van der Waals surface area contributed by atoms with E-state index in [1.165, 1.54) is 0 Å². The van der Waals surface area contributed by atoms with Gasteiger partial charge in [0, 0.05) is 12.7 Å². The first-order valence-corrected chi connectivity index (χ1v) is 5.33. The minimum Gasteiger partial charge on any atom is -0.380 e. The van der Waals surface area contributed by atoms with Crippen molar-refractivity contribution >= 4 is 11.6 Å². The van der Waals surface area contributed by atoms with Crippen LogP contribution in [-0.4, -0.2) is 17.3 Å². The van der Waals surface area contributed by atoms with E-state index in [1.54, 1.807) is 7.11 Å². The highest BCUT2D eigenvalue weighted by Gasteiger charge is 2.08. The van der Waals surface area contributed by atoms with Gasteiger partial charge in [-0.1, -0.05) is 17.3 Å². The largest absolute Gasteiger partial charge is 0.380 e. The molecule has 0 saturated heterocycles. The average Bonchev–Trinajstić information content (AvgIpc) is 2.78. The lowest BCUT2D eigenvalue weighted by Crippen LogP contribution is -1.88. The summed E-state index contributed by atoms with van der Waals surface area (Å²) in [6.07, 6.45) is 0. The summed E-state index contributed by atoms with van der Waals surface area (Å²) in [7, 11) is 1.66. The average molecular weight is 239 g/mol. The van der Waals surface area contributed by atoms with Crippen LogP contribution in [0.4, 0.5) is 0 Å². The van der Waals surface area contributed by atoms with Gasteiger partial charge in [-0.3, -0.25) is 0 Å². The quantitative estimate of drug-likeness (QED) is 0.769. The van der Waals surface area contributed by atoms with E-state index in [1.807, 2.05) is 24.3 Å². The molecular formula is C11H11ClN2O2. The zero-order valence-electron chi connectivity index (χ0n) is 8.81. The van der Waals surface area contributed by atoms with Crippen LogP contribution in [0.2, 0.25) is 0 Å². The normalized spacial score (nSPS) is 10.6. The number of rotatable bonds is 4. The van der Waals surface area contributed by atoms with Crippen molar-refractivity contribution in [3.8, 4) is 11.5 Å². The minimum atomic E-state index is 0.251. The topological polar surface area (TPSA) is 48.2 Å². The molecule has 0 saturated carbocycles. The Bertz CT molecular complexity index is 471. The summed E-state index contributed by atoms with van der Waals surface area (Å²) in [5, 5.41) is 3.74. The molecule has 0 unspecified atom stereocenters. The molecular weight excluding hydrogens is 228 g/mol. The zero-order valence-corrected chi connectivity index (χ0v) is 9.57. The molecule has 0 aliphatic heterocycles. The van der Waals surface area contributed by atoms with E-state index in [-0.39, 0.29) is 5.88 Å². The van der Waals surface area contributed by atoms with Gasteiger partial charge in [0.05, 0.1) is 12.5 Å². The number of hydrogen-bond donors (Lipinski definition) is 0. The van der Waals surface area contributed by atoms with Crippen molar-refractivity contribution in [3.05, 3.63) is 35.7 Å². The molecule has 4 nitrogen and oxygen atoms in total. The summed E-state index contributed by atoms with van der Waals surface area (Å²) in [6, 6.07) is 7.76. The maximum Gasteiger partial charge on any atom is 0.257 e. The third-order valence-electron chi connectivity index (χ3n) is 2.07. The molecule has 0 atom stereocenters. The zero-order chi connectivity index (χ0) is 11.4. The van der Waals surface area contributed by atoms with Crippen molar-refractivity contribution in [1.29, 1.82) is 0 Å². The summed E-state index contributed by atoms with van der Waals surface area (Å²) in [5.74, 6) is 1.23. The number of methoxy groups -OCH3 is 1. The number of halogens is 1. The highest BCUT2D eigenvalue weighted by atomic mass is 35.5. The highest BCUT2D eigenvalue weighted by Crippen LogP contribution is 2.19. The number of benzene rings is 1. The van der Waals surface area contributed by atoms with E-state index in [2.05, 4.69) is 10.1 Å². The van der Waals surface area contributed by atoms with Crippen molar-refractivity contribution in [2.45, 2.75) is 12.5 Å². The monoisotopic (exact) mass is 238 g/mol. The van der Waals surface area contributed by atoms with Gasteiger partial charge in [-0.25, -0.2) is 0 Å². The Hall–Kier alpha value is -1.39. The van der Waals surface area contributed by atoms with Crippen molar-refractivity contribution < 1.29 is 9.26 Å². The first-order valence-electron chi connectivity index (χ1n) is 4.80. The van der Waals surface area contributed by atoms with Crippen LogP contribution >= 0.6 is 11.6 Å². The Labute approximate surface area is 98.2 Å². The van der Waals surface area contributed by atoms with Crippen LogP contribution in [0.25, 0.3) is 11.5 Å². The van der Waals surface area contributed by atoms with Gasteiger partial charge in [-0.15, -0.1) is 11.6 Å². The molecule has 0 spiro atoms. The van der Waals surface area contributed by atoms with Gasteiger partial charge in [0.25, 0.3) is 5.89 Å². The molecule has 1 aromatic carbocycles. The van der Waals surface area contributed by atoms with Crippen LogP contribution in [0.5, 0.6) is 0 Å². The Kier molecular flexibility index (Phi) is 3.54. The number of hydrogen-bond acceptors (Lipinski definition) is 4. The van der Waals surface area contributed by atoms with Gasteiger partial charge in [-0.05, 0) is 17.7 Å². The van der Waals surface area contributed by atoms with Crippen LogP contribution in [0.1, 0.15) is 11.4 Å². The van der Waals surface area contributed by atoms with E-state index >= 15 is 0 Å². The lowest BCUT2D eigenvalue weighted by atomic mass is 10.1. The van der Waals surface area contributed by atoms with Crippen LogP contribution in [0.3, 0.4) is 0 Å². The molecule has 16 heavy (non-hydrogen) atoms.